The van der Waals surface area contributed by atoms with E-state index in [4.69, 9.17) is 22.8 Å². The molecular weight excluding hydrogens is 326 g/mol. The molecule has 0 aliphatic rings. The molecule has 1 aromatic carbocycles. The second kappa shape index (κ2) is 11.5. The highest BCUT2D eigenvalue weighted by atomic mass is 32.1. The minimum Gasteiger partial charge on any atom is -0.410 e. The van der Waals surface area contributed by atoms with Gasteiger partial charge in [0.25, 0.3) is 0 Å². The van der Waals surface area contributed by atoms with E-state index in [1.165, 1.54) is 0 Å². The van der Waals surface area contributed by atoms with Gasteiger partial charge in [-0.05, 0) is 44.2 Å². The predicted octanol–water partition coefficient (Wildman–Crippen LogP) is 2.82. The zero-order valence-electron chi connectivity index (χ0n) is 13.9. The van der Waals surface area contributed by atoms with Crippen LogP contribution in [-0.4, -0.2) is 35.0 Å². The Hall–Kier alpha value is -1.99. The molecule has 0 radical (unpaired) electrons. The normalized spacial score (nSPS) is 11.4. The number of unbranched alkanes of at least 4 members (excludes halogenated alkanes) is 1. The zero-order valence-corrected chi connectivity index (χ0v) is 14.8. The van der Waals surface area contributed by atoms with Gasteiger partial charge in [-0.3, -0.25) is 0 Å². The number of thiocarbonyl (C=S) groups is 1. The van der Waals surface area contributed by atoms with E-state index in [1.54, 1.807) is 29.3 Å². The minimum absolute atomic E-state index is 0.433. The Morgan fingerprint density at radius 2 is 2.08 bits per heavy atom. The van der Waals surface area contributed by atoms with E-state index in [-0.39, 0.29) is 0 Å². The second-order valence-corrected chi connectivity index (χ2v) is 5.89. The molecule has 0 spiro atoms. The van der Waals surface area contributed by atoms with Crippen LogP contribution in [0.1, 0.15) is 39.0 Å². The Labute approximate surface area is 148 Å². The summed E-state index contributed by atoms with van der Waals surface area (Å²) in [4.78, 5) is 23.6. The zero-order chi connectivity index (χ0) is 17.8. The third-order valence-electron chi connectivity index (χ3n) is 3.37. The van der Waals surface area contributed by atoms with Crippen molar-refractivity contribution in [3.63, 3.8) is 0 Å². The van der Waals surface area contributed by atoms with Crippen LogP contribution in [0.15, 0.2) is 30.3 Å². The van der Waals surface area contributed by atoms with Crippen molar-refractivity contribution < 1.29 is 14.3 Å². The van der Waals surface area contributed by atoms with Crippen LogP contribution in [0.25, 0.3) is 0 Å². The maximum absolute atomic E-state index is 11.7. The smallest absolute Gasteiger partial charge is 0.410 e. The number of hydrogen-bond donors (Lipinski definition) is 2. The molecule has 1 aromatic rings. The highest BCUT2D eigenvalue weighted by Crippen LogP contribution is 2.09. The third kappa shape index (κ3) is 8.03. The van der Waals surface area contributed by atoms with E-state index in [1.807, 2.05) is 6.07 Å². The number of hydrazine groups is 1. The number of ether oxygens (including phenoxy) is 1. The molecule has 0 aliphatic carbocycles. The quantitative estimate of drug-likeness (QED) is 0.222. The largest absolute Gasteiger partial charge is 0.413 e. The van der Waals surface area contributed by atoms with Crippen LogP contribution in [0, 0.1) is 0 Å². The average Bonchev–Trinajstić information content (AvgIpc) is 2.58. The van der Waals surface area contributed by atoms with E-state index in [2.05, 4.69) is 12.2 Å². The topological polar surface area (TPSA) is 84.7 Å². The first kappa shape index (κ1) is 20.1. The first-order valence-electron chi connectivity index (χ1n) is 8.10. The monoisotopic (exact) mass is 351 g/mol. The van der Waals surface area contributed by atoms with Gasteiger partial charge in [0, 0.05) is 6.54 Å². The summed E-state index contributed by atoms with van der Waals surface area (Å²) in [7, 11) is 0. The summed E-state index contributed by atoms with van der Waals surface area (Å²) >= 11 is 5.19. The maximum atomic E-state index is 11.7. The van der Waals surface area contributed by atoms with E-state index < -0.39 is 12.1 Å². The Morgan fingerprint density at radius 1 is 1.38 bits per heavy atom. The number of nitrogens with one attached hydrogen (secondary N) is 1. The molecule has 7 heteroatoms. The Kier molecular flexibility index (Phi) is 9.64. The highest BCUT2D eigenvalue weighted by molar-refractivity contribution is 7.80. The fourth-order valence-corrected chi connectivity index (χ4v) is 2.37. The molecule has 1 rings (SSSR count). The molecule has 6 nitrogen and oxygen atoms in total. The number of nitrogens with zero attached hydrogens (tertiary/aromatic N) is 1. The Morgan fingerprint density at radius 3 is 2.71 bits per heavy atom. The van der Waals surface area contributed by atoms with Crippen molar-refractivity contribution >= 4 is 29.6 Å². The summed E-state index contributed by atoms with van der Waals surface area (Å²) in [6.45, 7) is 2.69. The fourth-order valence-electron chi connectivity index (χ4n) is 2.08. The van der Waals surface area contributed by atoms with Gasteiger partial charge in [0.05, 0.1) is 11.0 Å². The van der Waals surface area contributed by atoms with Crippen molar-refractivity contribution in [3.8, 4) is 5.75 Å². The van der Waals surface area contributed by atoms with E-state index in [9.17, 15) is 9.59 Å². The fraction of sp³-hybridized carbons (Fsp3) is 0.471. The molecule has 132 valence electrons. The van der Waals surface area contributed by atoms with Crippen molar-refractivity contribution in [3.05, 3.63) is 30.3 Å². The number of aldehydes is 1. The van der Waals surface area contributed by atoms with Gasteiger partial charge in [0.1, 0.15) is 12.0 Å². The SMILES string of the molecule is CCCC(=S)N(N)CCCCC(C=O)NC(=O)Oc1ccccc1. The lowest BCUT2D eigenvalue weighted by molar-refractivity contribution is -0.109. The molecule has 0 saturated heterocycles. The molecule has 0 aromatic heterocycles. The van der Waals surface area contributed by atoms with Crippen LogP contribution in [0.4, 0.5) is 4.79 Å². The van der Waals surface area contributed by atoms with Crippen LogP contribution in [0.5, 0.6) is 5.75 Å². The third-order valence-corrected chi connectivity index (χ3v) is 3.81. The van der Waals surface area contributed by atoms with Gasteiger partial charge in [-0.25, -0.2) is 10.6 Å². The van der Waals surface area contributed by atoms with Crippen LogP contribution in [0.3, 0.4) is 0 Å². The molecule has 0 aliphatic heterocycles. The first-order chi connectivity index (χ1) is 11.6. The summed E-state index contributed by atoms with van der Waals surface area (Å²) in [6, 6.07) is 8.12. The second-order valence-electron chi connectivity index (χ2n) is 5.42. The number of para-hydroxylation sites is 1. The standard InChI is InChI=1S/C17H25N3O3S/c1-2-8-16(24)20(18)12-7-6-9-14(13-21)19-17(22)23-15-10-4-3-5-11-15/h3-5,10-11,13-14H,2,6-9,12,18H2,1H3,(H,19,22). The lowest BCUT2D eigenvalue weighted by Crippen LogP contribution is -2.39. The molecule has 1 atom stereocenters. The van der Waals surface area contributed by atoms with Crippen molar-refractivity contribution in [2.24, 2.45) is 5.84 Å². The number of nitrogens with two attached hydrogens (primary N) is 1. The molecule has 0 heterocycles. The molecule has 0 fully saturated rings. The van der Waals surface area contributed by atoms with Crippen LogP contribution in [-0.2, 0) is 4.79 Å². The van der Waals surface area contributed by atoms with Crippen molar-refractivity contribution in [2.75, 3.05) is 6.54 Å². The first-order valence-corrected chi connectivity index (χ1v) is 8.51. The van der Waals surface area contributed by atoms with Gasteiger partial charge in [0.15, 0.2) is 0 Å². The van der Waals surface area contributed by atoms with Crippen LogP contribution < -0.4 is 15.9 Å². The number of carbonyl (C=O) groups is 2. The predicted molar refractivity (Wildman–Crippen MR) is 97.7 cm³/mol. The van der Waals surface area contributed by atoms with Gasteiger partial charge in [-0.1, -0.05) is 37.3 Å². The molecule has 24 heavy (non-hydrogen) atoms. The van der Waals surface area contributed by atoms with Gasteiger partial charge >= 0.3 is 6.09 Å². The molecule has 1 unspecified atom stereocenters. The summed E-state index contributed by atoms with van der Waals surface area (Å²) < 4.78 is 5.10. The summed E-state index contributed by atoms with van der Waals surface area (Å²) in [5.41, 5.74) is 0. The van der Waals surface area contributed by atoms with Gasteiger partial charge < -0.3 is 19.9 Å². The van der Waals surface area contributed by atoms with Crippen LogP contribution in [0.2, 0.25) is 0 Å². The number of benzene rings is 1. The molecule has 1 amide bonds. The number of amides is 1. The van der Waals surface area contributed by atoms with E-state index >= 15 is 0 Å². The number of carbonyl (C=O) groups excluding carboxylic acids is 2. The minimum atomic E-state index is -0.636. The lowest BCUT2D eigenvalue weighted by atomic mass is 10.1. The molecule has 0 bridgehead atoms. The van der Waals surface area contributed by atoms with Crippen molar-refractivity contribution in [1.29, 1.82) is 0 Å². The van der Waals surface area contributed by atoms with Crippen molar-refractivity contribution in [2.45, 2.75) is 45.1 Å². The van der Waals surface area contributed by atoms with Gasteiger partial charge in [0.2, 0.25) is 0 Å². The van der Waals surface area contributed by atoms with E-state index in [0.717, 1.165) is 30.7 Å². The van der Waals surface area contributed by atoms with Gasteiger partial charge in [-0.15, -0.1) is 0 Å². The Balaban J connectivity index is 2.26. The number of hydrogen-bond acceptors (Lipinski definition) is 5. The average molecular weight is 351 g/mol. The number of rotatable bonds is 10. The van der Waals surface area contributed by atoms with Crippen LogP contribution >= 0.6 is 12.2 Å². The Bertz CT molecular complexity index is 525. The molecule has 3 N–H and O–H groups in total. The molecular formula is C17H25N3O3S. The van der Waals surface area contributed by atoms with E-state index in [0.29, 0.717) is 25.0 Å². The van der Waals surface area contributed by atoms with Gasteiger partial charge in [-0.2, -0.15) is 0 Å². The lowest BCUT2D eigenvalue weighted by Gasteiger charge is -2.19. The van der Waals surface area contributed by atoms with Crippen molar-refractivity contribution in [1.82, 2.24) is 10.3 Å². The maximum Gasteiger partial charge on any atom is 0.413 e. The summed E-state index contributed by atoms with van der Waals surface area (Å²) in [6.07, 6.45) is 3.92. The highest BCUT2D eigenvalue weighted by Gasteiger charge is 2.13. The molecule has 0 saturated carbocycles. The summed E-state index contributed by atoms with van der Waals surface area (Å²) in [5.74, 6) is 6.29. The summed E-state index contributed by atoms with van der Waals surface area (Å²) in [5, 5.41) is 4.12.